The molecule has 0 radical (unpaired) electrons. The van der Waals surface area contributed by atoms with E-state index in [1.807, 2.05) is 40.5 Å². The van der Waals surface area contributed by atoms with E-state index in [9.17, 15) is 0 Å². The number of fused-ring (bicyclic) bond motifs is 1. The molecule has 0 amide bonds. The van der Waals surface area contributed by atoms with Gasteiger partial charge in [0.2, 0.25) is 5.88 Å². The van der Waals surface area contributed by atoms with Gasteiger partial charge in [-0.1, -0.05) is 23.9 Å². The van der Waals surface area contributed by atoms with Gasteiger partial charge in [-0.15, -0.1) is 6.58 Å². The molecule has 0 unspecified atom stereocenters. The summed E-state index contributed by atoms with van der Waals surface area (Å²) in [5, 5.41) is 4.62. The van der Waals surface area contributed by atoms with Gasteiger partial charge in [-0.25, -0.2) is 15.0 Å². The lowest BCUT2D eigenvalue weighted by Gasteiger charge is -2.32. The average molecular weight is 345 g/mol. The fraction of sp³-hybridized carbons (Fsp3) is 0.312. The zero-order chi connectivity index (χ0) is 16.9. The maximum atomic E-state index is 5.76. The zero-order valence-electron chi connectivity index (χ0n) is 13.7. The van der Waals surface area contributed by atoms with Crippen LogP contribution >= 0.6 is 11.8 Å². The molecule has 0 aliphatic carbocycles. The van der Waals surface area contributed by atoms with Gasteiger partial charge < -0.3 is 9.47 Å². The number of methoxy groups -OCH3 is 1. The van der Waals surface area contributed by atoms with Gasteiger partial charge in [-0.2, -0.15) is 9.99 Å². The van der Waals surface area contributed by atoms with Crippen LogP contribution in [0.25, 0.3) is 0 Å². The van der Waals surface area contributed by atoms with Crippen molar-refractivity contribution in [2.75, 3.05) is 31.7 Å². The number of anilines is 2. The minimum Gasteiger partial charge on any atom is -0.481 e. The van der Waals surface area contributed by atoms with Gasteiger partial charge in [0, 0.05) is 24.4 Å². The Hall–Kier alpha value is -2.16. The molecular formula is C16H19N5O2S. The second-order valence-corrected chi connectivity index (χ2v) is 5.78. The van der Waals surface area contributed by atoms with Crippen LogP contribution in [-0.2, 0) is 11.3 Å². The summed E-state index contributed by atoms with van der Waals surface area (Å²) in [6.07, 6.45) is 5.57. The third-order valence-corrected chi connectivity index (χ3v) is 4.02. The summed E-state index contributed by atoms with van der Waals surface area (Å²) < 4.78 is 11.0. The molecule has 2 aromatic rings. The molecule has 0 saturated heterocycles. The summed E-state index contributed by atoms with van der Waals surface area (Å²) in [6, 6.07) is 5.62. The number of hydrogen-bond donors (Lipinski definition) is 0. The molecule has 1 aliphatic heterocycles. The number of pyridine rings is 1. The summed E-state index contributed by atoms with van der Waals surface area (Å²) in [7, 11) is 1.60. The van der Waals surface area contributed by atoms with Gasteiger partial charge in [0.05, 0.1) is 13.7 Å². The number of rotatable bonds is 5. The fourth-order valence-electron chi connectivity index (χ4n) is 2.39. The van der Waals surface area contributed by atoms with Gasteiger partial charge in [-0.05, 0) is 12.3 Å². The van der Waals surface area contributed by atoms with Crippen LogP contribution in [0.2, 0.25) is 0 Å². The lowest BCUT2D eigenvalue weighted by atomic mass is 10.3. The summed E-state index contributed by atoms with van der Waals surface area (Å²) in [5.74, 6) is 2.00. The lowest BCUT2D eigenvalue weighted by Crippen LogP contribution is -2.41. The van der Waals surface area contributed by atoms with Gasteiger partial charge in [0.1, 0.15) is 6.73 Å². The van der Waals surface area contributed by atoms with Crippen LogP contribution < -0.4 is 9.75 Å². The van der Waals surface area contributed by atoms with E-state index in [0.29, 0.717) is 36.7 Å². The van der Waals surface area contributed by atoms with Crippen molar-refractivity contribution in [3.8, 4) is 5.88 Å². The first kappa shape index (κ1) is 16.7. The zero-order valence-corrected chi connectivity index (χ0v) is 14.5. The minimum atomic E-state index is 0.399. The molecule has 0 atom stereocenters. The van der Waals surface area contributed by atoms with Crippen LogP contribution in [0.4, 0.5) is 11.6 Å². The van der Waals surface area contributed by atoms with E-state index in [2.05, 4.69) is 21.5 Å². The molecule has 8 heteroatoms. The number of nitrogens with zero attached hydrogens (tertiary/aromatic N) is 5. The highest BCUT2D eigenvalue weighted by molar-refractivity contribution is 7.98. The number of thioether (sulfide) groups is 1. The highest BCUT2D eigenvalue weighted by Gasteiger charge is 2.27. The number of ether oxygens (including phenoxy) is 2. The molecular weight excluding hydrogens is 326 g/mol. The first-order chi connectivity index (χ1) is 11.8. The topological polar surface area (TPSA) is 63.6 Å². The second kappa shape index (κ2) is 7.61. The Morgan fingerprint density at radius 2 is 2.29 bits per heavy atom. The summed E-state index contributed by atoms with van der Waals surface area (Å²) in [6.45, 7) is 5.27. The maximum absolute atomic E-state index is 5.76. The molecule has 7 nitrogen and oxygen atoms in total. The van der Waals surface area contributed by atoms with E-state index >= 15 is 0 Å². The molecule has 0 saturated carbocycles. The smallest absolute Gasteiger partial charge is 0.214 e. The minimum absolute atomic E-state index is 0.399. The molecule has 1 aliphatic rings. The van der Waals surface area contributed by atoms with Crippen LogP contribution in [0.3, 0.4) is 0 Å². The Labute approximate surface area is 145 Å². The van der Waals surface area contributed by atoms with Crippen molar-refractivity contribution in [1.29, 1.82) is 0 Å². The molecule has 0 aromatic carbocycles. The molecule has 0 bridgehead atoms. The normalized spacial score (nSPS) is 14.8. The Morgan fingerprint density at radius 1 is 1.42 bits per heavy atom. The van der Waals surface area contributed by atoms with Gasteiger partial charge in [0.25, 0.3) is 0 Å². The van der Waals surface area contributed by atoms with Crippen LogP contribution in [0, 0.1) is 0 Å². The summed E-state index contributed by atoms with van der Waals surface area (Å²) in [5.41, 5.74) is 0.906. The van der Waals surface area contributed by atoms with E-state index in [4.69, 9.17) is 9.47 Å². The quantitative estimate of drug-likeness (QED) is 0.465. The van der Waals surface area contributed by atoms with Crippen LogP contribution in [0.1, 0.15) is 5.56 Å². The predicted octanol–water partition coefficient (Wildman–Crippen LogP) is 2.63. The van der Waals surface area contributed by atoms with Crippen molar-refractivity contribution in [2.45, 2.75) is 11.8 Å². The van der Waals surface area contributed by atoms with Crippen molar-refractivity contribution in [3.05, 3.63) is 42.6 Å². The summed E-state index contributed by atoms with van der Waals surface area (Å²) in [4.78, 5) is 13.6. The monoisotopic (exact) mass is 345 g/mol. The lowest BCUT2D eigenvalue weighted by molar-refractivity contribution is 0.0326. The molecule has 0 spiro atoms. The van der Waals surface area contributed by atoms with Crippen molar-refractivity contribution in [1.82, 2.24) is 20.0 Å². The van der Waals surface area contributed by atoms with Gasteiger partial charge >= 0.3 is 0 Å². The number of hydrazine groups is 1. The largest absolute Gasteiger partial charge is 0.481 e. The third kappa shape index (κ3) is 3.35. The molecule has 0 N–H and O–H groups in total. The third-order valence-electron chi connectivity index (χ3n) is 3.46. The average Bonchev–Trinajstić information content (AvgIpc) is 2.80. The van der Waals surface area contributed by atoms with Crippen molar-refractivity contribution >= 4 is 23.4 Å². The molecule has 2 aromatic heterocycles. The first-order valence-electron chi connectivity index (χ1n) is 7.41. The molecule has 0 fully saturated rings. The fourth-order valence-corrected chi connectivity index (χ4v) is 2.73. The van der Waals surface area contributed by atoms with Crippen molar-refractivity contribution in [3.63, 3.8) is 0 Å². The number of hydrogen-bond acceptors (Lipinski definition) is 8. The van der Waals surface area contributed by atoms with Crippen molar-refractivity contribution < 1.29 is 9.47 Å². The van der Waals surface area contributed by atoms with Crippen LogP contribution in [0.15, 0.2) is 42.2 Å². The SMILES string of the molecule is C=CCN1COCc2cnc(SC)nc2N1c1cccc(OC)n1. The Bertz CT molecular complexity index is 727. The van der Waals surface area contributed by atoms with Crippen LogP contribution in [0.5, 0.6) is 5.88 Å². The molecule has 24 heavy (non-hydrogen) atoms. The Morgan fingerprint density at radius 3 is 3.04 bits per heavy atom. The second-order valence-electron chi connectivity index (χ2n) is 5.01. The van der Waals surface area contributed by atoms with Crippen molar-refractivity contribution in [2.24, 2.45) is 0 Å². The standard InChI is InChI=1S/C16H19N5O2S/c1-4-8-20-11-23-10-12-9-17-16(24-3)19-15(12)21(20)13-6-5-7-14(18-13)22-2/h4-7,9H,1,8,10-11H2,2-3H3. The first-order valence-corrected chi connectivity index (χ1v) is 8.64. The molecule has 3 rings (SSSR count). The van der Waals surface area contributed by atoms with Gasteiger partial charge in [0.15, 0.2) is 16.8 Å². The number of aromatic nitrogens is 3. The van der Waals surface area contributed by atoms with Crippen LogP contribution in [-0.4, -0.2) is 46.6 Å². The highest BCUT2D eigenvalue weighted by atomic mass is 32.2. The molecule has 3 heterocycles. The summed E-state index contributed by atoms with van der Waals surface area (Å²) >= 11 is 1.49. The van der Waals surface area contributed by atoms with E-state index < -0.39 is 0 Å². The Balaban J connectivity index is 2.14. The van der Waals surface area contributed by atoms with Gasteiger partial charge in [-0.3, -0.25) is 0 Å². The van der Waals surface area contributed by atoms with E-state index in [-0.39, 0.29) is 0 Å². The highest BCUT2D eigenvalue weighted by Crippen LogP contribution is 2.32. The Kier molecular flexibility index (Phi) is 5.29. The van der Waals surface area contributed by atoms with E-state index in [1.165, 1.54) is 11.8 Å². The predicted molar refractivity (Wildman–Crippen MR) is 93.3 cm³/mol. The van der Waals surface area contributed by atoms with E-state index in [1.54, 1.807) is 13.3 Å². The molecule has 126 valence electrons. The van der Waals surface area contributed by atoms with E-state index in [0.717, 1.165) is 11.4 Å². The maximum Gasteiger partial charge on any atom is 0.214 e.